The highest BCUT2D eigenvalue weighted by Gasteiger charge is 2.13. The second kappa shape index (κ2) is 6.01. The first kappa shape index (κ1) is 14.5. The lowest BCUT2D eigenvalue weighted by Gasteiger charge is -2.18. The van der Waals surface area contributed by atoms with Gasteiger partial charge in [-0.3, -0.25) is 0 Å². The van der Waals surface area contributed by atoms with E-state index in [1.807, 2.05) is 6.92 Å². The summed E-state index contributed by atoms with van der Waals surface area (Å²) in [4.78, 5) is 0. The number of nitrogens with one attached hydrogen (secondary N) is 1. The van der Waals surface area contributed by atoms with Crippen molar-refractivity contribution in [1.29, 1.82) is 0 Å². The molecule has 106 valence electrons. The van der Waals surface area contributed by atoms with Gasteiger partial charge in [0.05, 0.1) is 23.9 Å². The zero-order chi connectivity index (χ0) is 14.7. The van der Waals surface area contributed by atoms with Gasteiger partial charge in [-0.25, -0.2) is 4.39 Å². The van der Waals surface area contributed by atoms with E-state index in [4.69, 9.17) is 16.3 Å². The minimum atomic E-state index is -0.372. The van der Waals surface area contributed by atoms with E-state index in [0.29, 0.717) is 22.0 Å². The number of halogens is 2. The van der Waals surface area contributed by atoms with Crippen molar-refractivity contribution in [2.75, 3.05) is 12.4 Å². The molecule has 0 aliphatic rings. The van der Waals surface area contributed by atoms with Crippen LogP contribution >= 0.6 is 11.6 Å². The Kier molecular flexibility index (Phi) is 4.35. The van der Waals surface area contributed by atoms with E-state index < -0.39 is 0 Å². The summed E-state index contributed by atoms with van der Waals surface area (Å²) in [5, 5.41) is 13.5. The molecular formula is C15H15ClFNO2. The first-order valence-electron chi connectivity index (χ1n) is 6.09. The fraction of sp³-hybridized carbons (Fsp3) is 0.200. The molecule has 0 saturated carbocycles. The molecule has 1 unspecified atom stereocenters. The summed E-state index contributed by atoms with van der Waals surface area (Å²) in [7, 11) is 1.53. The van der Waals surface area contributed by atoms with E-state index in [2.05, 4.69) is 5.32 Å². The lowest BCUT2D eigenvalue weighted by Crippen LogP contribution is -2.07. The highest BCUT2D eigenvalue weighted by atomic mass is 35.5. The van der Waals surface area contributed by atoms with Gasteiger partial charge >= 0.3 is 0 Å². The molecule has 0 aliphatic carbocycles. The Morgan fingerprint density at radius 2 is 2.00 bits per heavy atom. The van der Waals surface area contributed by atoms with Crippen LogP contribution < -0.4 is 10.1 Å². The third kappa shape index (κ3) is 3.14. The van der Waals surface area contributed by atoms with Crippen molar-refractivity contribution >= 4 is 17.3 Å². The average molecular weight is 296 g/mol. The van der Waals surface area contributed by atoms with Gasteiger partial charge in [0.1, 0.15) is 17.3 Å². The number of methoxy groups -OCH3 is 1. The van der Waals surface area contributed by atoms with E-state index in [9.17, 15) is 9.50 Å². The average Bonchev–Trinajstić information content (AvgIpc) is 2.42. The maximum atomic E-state index is 13.2. The predicted octanol–water partition coefficient (Wildman–Crippen LogP) is 4.37. The van der Waals surface area contributed by atoms with Crippen molar-refractivity contribution in [3.05, 3.63) is 52.8 Å². The molecule has 2 aromatic rings. The number of hydrogen-bond acceptors (Lipinski definition) is 3. The van der Waals surface area contributed by atoms with E-state index in [-0.39, 0.29) is 17.6 Å². The van der Waals surface area contributed by atoms with Crippen molar-refractivity contribution in [3.63, 3.8) is 0 Å². The Balaban J connectivity index is 2.23. The Labute approximate surface area is 122 Å². The van der Waals surface area contributed by atoms with Crippen molar-refractivity contribution < 1.29 is 14.2 Å². The molecular weight excluding hydrogens is 281 g/mol. The monoisotopic (exact) mass is 295 g/mol. The van der Waals surface area contributed by atoms with E-state index >= 15 is 0 Å². The zero-order valence-corrected chi connectivity index (χ0v) is 11.9. The van der Waals surface area contributed by atoms with Crippen LogP contribution in [0.2, 0.25) is 5.02 Å². The van der Waals surface area contributed by atoms with E-state index in [1.165, 1.54) is 31.4 Å². The van der Waals surface area contributed by atoms with Crippen molar-refractivity contribution in [1.82, 2.24) is 0 Å². The molecule has 0 spiro atoms. The quantitative estimate of drug-likeness (QED) is 0.880. The van der Waals surface area contributed by atoms with Crippen LogP contribution in [-0.4, -0.2) is 12.2 Å². The summed E-state index contributed by atoms with van der Waals surface area (Å²) in [5.74, 6) is 0.308. The standard InChI is InChI=1S/C15H15ClFNO2/c1-9(12-5-4-11(20-2)8-15(12)19)18-14-7-10(17)3-6-13(14)16/h3-9,18-19H,1-2H3. The minimum Gasteiger partial charge on any atom is -0.507 e. The number of anilines is 1. The van der Waals surface area contributed by atoms with Crippen LogP contribution in [0.5, 0.6) is 11.5 Å². The Morgan fingerprint density at radius 3 is 2.65 bits per heavy atom. The van der Waals surface area contributed by atoms with Gasteiger partial charge in [0.2, 0.25) is 0 Å². The molecule has 20 heavy (non-hydrogen) atoms. The van der Waals surface area contributed by atoms with Gasteiger partial charge in [-0.1, -0.05) is 11.6 Å². The number of benzene rings is 2. The summed E-state index contributed by atoms with van der Waals surface area (Å²) in [6.07, 6.45) is 0. The topological polar surface area (TPSA) is 41.5 Å². The first-order chi connectivity index (χ1) is 9.51. The Bertz CT molecular complexity index is 619. The van der Waals surface area contributed by atoms with Gasteiger partial charge in [-0.15, -0.1) is 0 Å². The highest BCUT2D eigenvalue weighted by molar-refractivity contribution is 6.33. The van der Waals surface area contributed by atoms with Crippen LogP contribution in [0.15, 0.2) is 36.4 Å². The van der Waals surface area contributed by atoms with Crippen molar-refractivity contribution in [3.8, 4) is 11.5 Å². The lowest BCUT2D eigenvalue weighted by atomic mass is 10.1. The number of rotatable bonds is 4. The maximum Gasteiger partial charge on any atom is 0.125 e. The predicted molar refractivity (Wildman–Crippen MR) is 78.1 cm³/mol. The Hall–Kier alpha value is -1.94. The number of aromatic hydroxyl groups is 1. The molecule has 0 heterocycles. The second-order valence-electron chi connectivity index (χ2n) is 4.41. The maximum absolute atomic E-state index is 13.2. The largest absolute Gasteiger partial charge is 0.507 e. The molecule has 0 amide bonds. The number of hydrogen-bond donors (Lipinski definition) is 2. The molecule has 0 fully saturated rings. The van der Waals surface area contributed by atoms with E-state index in [0.717, 1.165) is 0 Å². The number of phenolic OH excluding ortho intramolecular Hbond substituents is 1. The molecule has 2 aromatic carbocycles. The fourth-order valence-corrected chi connectivity index (χ4v) is 2.11. The summed E-state index contributed by atoms with van der Waals surface area (Å²) < 4.78 is 18.2. The van der Waals surface area contributed by atoms with Gasteiger partial charge in [0, 0.05) is 11.6 Å². The van der Waals surface area contributed by atoms with Gasteiger partial charge in [0.15, 0.2) is 0 Å². The van der Waals surface area contributed by atoms with Gasteiger partial charge in [0.25, 0.3) is 0 Å². The molecule has 0 radical (unpaired) electrons. The summed E-state index contributed by atoms with van der Waals surface area (Å²) >= 11 is 6.00. The van der Waals surface area contributed by atoms with Crippen LogP contribution in [0.1, 0.15) is 18.5 Å². The normalized spacial score (nSPS) is 12.0. The van der Waals surface area contributed by atoms with Crippen LogP contribution in [0, 0.1) is 5.82 Å². The molecule has 5 heteroatoms. The number of phenols is 1. The summed E-state index contributed by atoms with van der Waals surface area (Å²) in [5.41, 5.74) is 1.15. The van der Waals surface area contributed by atoms with Crippen molar-refractivity contribution in [2.45, 2.75) is 13.0 Å². The molecule has 1 atom stereocenters. The molecule has 0 bridgehead atoms. The number of ether oxygens (including phenoxy) is 1. The zero-order valence-electron chi connectivity index (χ0n) is 11.2. The fourth-order valence-electron chi connectivity index (χ4n) is 1.94. The minimum absolute atomic E-state index is 0.108. The molecule has 2 rings (SSSR count). The van der Waals surface area contributed by atoms with Crippen molar-refractivity contribution in [2.24, 2.45) is 0 Å². The third-order valence-electron chi connectivity index (χ3n) is 3.00. The third-order valence-corrected chi connectivity index (χ3v) is 3.33. The van der Waals surface area contributed by atoms with E-state index in [1.54, 1.807) is 12.1 Å². The SMILES string of the molecule is COc1ccc(C(C)Nc2cc(F)ccc2Cl)c(O)c1. The molecule has 0 aliphatic heterocycles. The van der Waals surface area contributed by atoms with Crippen LogP contribution in [0.4, 0.5) is 10.1 Å². The lowest BCUT2D eigenvalue weighted by molar-refractivity contribution is 0.406. The molecule has 3 nitrogen and oxygen atoms in total. The molecule has 0 aromatic heterocycles. The summed E-state index contributed by atoms with van der Waals surface area (Å²) in [6, 6.07) is 8.89. The van der Waals surface area contributed by atoms with Gasteiger partial charge in [-0.2, -0.15) is 0 Å². The second-order valence-corrected chi connectivity index (χ2v) is 4.82. The molecule has 0 saturated heterocycles. The Morgan fingerprint density at radius 1 is 1.25 bits per heavy atom. The first-order valence-corrected chi connectivity index (χ1v) is 6.47. The molecule has 2 N–H and O–H groups in total. The van der Waals surface area contributed by atoms with Crippen LogP contribution in [0.25, 0.3) is 0 Å². The summed E-state index contributed by atoms with van der Waals surface area (Å²) in [6.45, 7) is 1.85. The smallest absolute Gasteiger partial charge is 0.125 e. The van der Waals surface area contributed by atoms with Gasteiger partial charge < -0.3 is 15.2 Å². The van der Waals surface area contributed by atoms with Crippen LogP contribution in [-0.2, 0) is 0 Å². The van der Waals surface area contributed by atoms with Crippen LogP contribution in [0.3, 0.4) is 0 Å². The van der Waals surface area contributed by atoms with Gasteiger partial charge in [-0.05, 0) is 37.3 Å². The highest BCUT2D eigenvalue weighted by Crippen LogP contribution is 2.32.